The minimum atomic E-state index is -0.500. The van der Waals surface area contributed by atoms with Crippen molar-refractivity contribution in [1.29, 1.82) is 0 Å². The molecule has 3 heteroatoms. The van der Waals surface area contributed by atoms with Crippen LogP contribution in [0.25, 0.3) is 0 Å². The summed E-state index contributed by atoms with van der Waals surface area (Å²) in [7, 11) is 0. The zero-order valence-electron chi connectivity index (χ0n) is 9.81. The van der Waals surface area contributed by atoms with Crippen molar-refractivity contribution in [3.05, 3.63) is 35.4 Å². The quantitative estimate of drug-likeness (QED) is 0.713. The smallest absolute Gasteiger partial charge is 0.126 e. The van der Waals surface area contributed by atoms with Gasteiger partial charge >= 0.3 is 0 Å². The van der Waals surface area contributed by atoms with Crippen LogP contribution in [0.15, 0.2) is 18.2 Å². The van der Waals surface area contributed by atoms with Gasteiger partial charge in [0.05, 0.1) is 0 Å². The molecule has 0 aromatic heterocycles. The molecule has 0 heterocycles. The molecule has 0 nitrogen and oxygen atoms in total. The minimum Gasteiger partial charge on any atom is -0.207 e. The van der Waals surface area contributed by atoms with Crippen molar-refractivity contribution in [2.45, 2.75) is 32.0 Å². The molecule has 90 valence electrons. The topological polar surface area (TPSA) is 0 Å². The van der Waals surface area contributed by atoms with Crippen LogP contribution < -0.4 is 0 Å². The van der Waals surface area contributed by atoms with Crippen molar-refractivity contribution >= 4 is 15.9 Å². The van der Waals surface area contributed by atoms with Crippen LogP contribution in [0.3, 0.4) is 0 Å². The highest BCUT2D eigenvalue weighted by molar-refractivity contribution is 9.09. The van der Waals surface area contributed by atoms with Crippen molar-refractivity contribution in [3.63, 3.8) is 0 Å². The molecule has 2 atom stereocenters. The van der Waals surface area contributed by atoms with Crippen molar-refractivity contribution in [2.75, 3.05) is 0 Å². The maximum absolute atomic E-state index is 13.0. The van der Waals surface area contributed by atoms with E-state index < -0.39 is 11.6 Å². The summed E-state index contributed by atoms with van der Waals surface area (Å²) in [5.41, 5.74) is 0.725. The Morgan fingerprint density at radius 3 is 1.94 bits per heavy atom. The van der Waals surface area contributed by atoms with Gasteiger partial charge in [0, 0.05) is 10.9 Å². The summed E-state index contributed by atoms with van der Waals surface area (Å²) in [6.45, 7) is 6.32. The van der Waals surface area contributed by atoms with Crippen LogP contribution in [-0.4, -0.2) is 4.83 Å². The third-order valence-corrected chi connectivity index (χ3v) is 3.52. The van der Waals surface area contributed by atoms with Gasteiger partial charge in [-0.15, -0.1) is 0 Å². The fraction of sp³-hybridized carbons (Fsp3) is 0.538. The lowest BCUT2D eigenvalue weighted by molar-refractivity contribution is 0.382. The van der Waals surface area contributed by atoms with Crippen molar-refractivity contribution in [2.24, 2.45) is 11.8 Å². The monoisotopic (exact) mass is 290 g/mol. The number of halogens is 3. The number of hydrogen-bond donors (Lipinski definition) is 0. The average molecular weight is 291 g/mol. The molecule has 0 spiro atoms. The zero-order valence-corrected chi connectivity index (χ0v) is 11.4. The summed E-state index contributed by atoms with van der Waals surface area (Å²) < 4.78 is 26.1. The molecular formula is C13H17BrF2. The van der Waals surface area contributed by atoms with E-state index in [0.717, 1.165) is 11.6 Å². The van der Waals surface area contributed by atoms with Gasteiger partial charge in [0.25, 0.3) is 0 Å². The molecule has 0 radical (unpaired) electrons. The molecule has 2 unspecified atom stereocenters. The Labute approximate surface area is 104 Å². The molecule has 0 bridgehead atoms. The van der Waals surface area contributed by atoms with Gasteiger partial charge in [0.1, 0.15) is 11.6 Å². The fourth-order valence-corrected chi connectivity index (χ4v) is 2.73. The van der Waals surface area contributed by atoms with E-state index in [1.54, 1.807) is 0 Å². The molecule has 0 N–H and O–H groups in total. The first-order valence-corrected chi connectivity index (χ1v) is 6.40. The SMILES string of the molecule is CC(C)C(Cc1cc(F)cc(F)c1)C(C)Br. The van der Waals surface area contributed by atoms with Gasteiger partial charge in [-0.2, -0.15) is 0 Å². The van der Waals surface area contributed by atoms with Gasteiger partial charge in [-0.25, -0.2) is 8.78 Å². The highest BCUT2D eigenvalue weighted by Crippen LogP contribution is 2.26. The predicted octanol–water partition coefficient (Wildman–Crippen LogP) is 4.56. The second kappa shape index (κ2) is 5.76. The largest absolute Gasteiger partial charge is 0.207 e. The van der Waals surface area contributed by atoms with Crippen molar-refractivity contribution in [1.82, 2.24) is 0 Å². The Hall–Kier alpha value is -0.440. The molecule has 1 aromatic rings. The molecule has 1 aromatic carbocycles. The number of rotatable bonds is 4. The van der Waals surface area contributed by atoms with Crippen LogP contribution in [0.2, 0.25) is 0 Å². The van der Waals surface area contributed by atoms with E-state index in [1.807, 2.05) is 0 Å². The Bertz CT molecular complexity index is 320. The van der Waals surface area contributed by atoms with Crippen LogP contribution in [0, 0.1) is 23.5 Å². The first-order chi connectivity index (χ1) is 7.40. The van der Waals surface area contributed by atoms with E-state index in [4.69, 9.17) is 0 Å². The molecule has 0 aliphatic carbocycles. The number of alkyl halides is 1. The van der Waals surface area contributed by atoms with Gasteiger partial charge in [-0.3, -0.25) is 0 Å². The number of benzene rings is 1. The maximum Gasteiger partial charge on any atom is 0.126 e. The third kappa shape index (κ3) is 3.85. The highest BCUT2D eigenvalue weighted by atomic mass is 79.9. The van der Waals surface area contributed by atoms with Crippen LogP contribution >= 0.6 is 15.9 Å². The molecule has 0 amide bonds. The van der Waals surface area contributed by atoms with Crippen LogP contribution in [0.1, 0.15) is 26.3 Å². The molecule has 0 saturated heterocycles. The normalized spacial score (nSPS) is 15.2. The molecule has 0 fully saturated rings. The van der Waals surface area contributed by atoms with Gasteiger partial charge in [-0.1, -0.05) is 36.7 Å². The molecule has 0 saturated carbocycles. The van der Waals surface area contributed by atoms with E-state index in [-0.39, 0.29) is 0 Å². The lowest BCUT2D eigenvalue weighted by Crippen LogP contribution is -2.20. The van der Waals surface area contributed by atoms with Gasteiger partial charge in [0.2, 0.25) is 0 Å². The first kappa shape index (κ1) is 13.6. The Morgan fingerprint density at radius 1 is 1.06 bits per heavy atom. The Morgan fingerprint density at radius 2 is 1.56 bits per heavy atom. The average Bonchev–Trinajstić information content (AvgIpc) is 2.11. The lowest BCUT2D eigenvalue weighted by atomic mass is 9.87. The molecule has 0 aliphatic heterocycles. The summed E-state index contributed by atoms with van der Waals surface area (Å²) in [5, 5.41) is 0. The third-order valence-electron chi connectivity index (χ3n) is 2.84. The van der Waals surface area contributed by atoms with E-state index in [1.165, 1.54) is 12.1 Å². The molecule has 1 rings (SSSR count). The van der Waals surface area contributed by atoms with Crippen LogP contribution in [0.4, 0.5) is 8.78 Å². The maximum atomic E-state index is 13.0. The van der Waals surface area contributed by atoms with E-state index in [0.29, 0.717) is 23.1 Å². The summed E-state index contributed by atoms with van der Waals surface area (Å²) in [4.78, 5) is 0.332. The molecule has 16 heavy (non-hydrogen) atoms. The Balaban J connectivity index is 2.85. The second-order valence-electron chi connectivity index (χ2n) is 4.57. The Kier molecular flexibility index (Phi) is 4.90. The van der Waals surface area contributed by atoms with Gasteiger partial charge in [0.15, 0.2) is 0 Å². The number of hydrogen-bond acceptors (Lipinski definition) is 0. The van der Waals surface area contributed by atoms with Crippen LogP contribution in [-0.2, 0) is 6.42 Å². The van der Waals surface area contributed by atoms with E-state index in [9.17, 15) is 8.78 Å². The molecular weight excluding hydrogens is 274 g/mol. The zero-order chi connectivity index (χ0) is 12.3. The van der Waals surface area contributed by atoms with Gasteiger partial charge in [-0.05, 0) is 36.0 Å². The summed E-state index contributed by atoms with van der Waals surface area (Å²) in [5.74, 6) is -0.152. The predicted molar refractivity (Wildman–Crippen MR) is 66.8 cm³/mol. The second-order valence-corrected chi connectivity index (χ2v) is 6.01. The highest BCUT2D eigenvalue weighted by Gasteiger charge is 2.19. The van der Waals surface area contributed by atoms with Crippen molar-refractivity contribution in [3.8, 4) is 0 Å². The molecule has 0 aliphatic rings. The van der Waals surface area contributed by atoms with Crippen LogP contribution in [0.5, 0.6) is 0 Å². The lowest BCUT2D eigenvalue weighted by Gasteiger charge is -2.23. The fourth-order valence-electron chi connectivity index (χ4n) is 1.93. The standard InChI is InChI=1S/C13H17BrF2/c1-8(2)13(9(3)14)6-10-4-11(15)7-12(16)5-10/h4-5,7-9,13H,6H2,1-3H3. The first-order valence-electron chi connectivity index (χ1n) is 5.49. The summed E-state index contributed by atoms with van der Waals surface area (Å²) >= 11 is 3.55. The van der Waals surface area contributed by atoms with Gasteiger partial charge < -0.3 is 0 Å². The van der Waals surface area contributed by atoms with E-state index in [2.05, 4.69) is 36.7 Å². The van der Waals surface area contributed by atoms with E-state index >= 15 is 0 Å². The van der Waals surface area contributed by atoms with Crippen molar-refractivity contribution < 1.29 is 8.78 Å². The summed E-state index contributed by atoms with van der Waals surface area (Å²) in [6, 6.07) is 3.73. The summed E-state index contributed by atoms with van der Waals surface area (Å²) in [6.07, 6.45) is 0.693. The minimum absolute atomic E-state index is 0.332.